The summed E-state index contributed by atoms with van der Waals surface area (Å²) < 4.78 is 27.8. The Kier molecular flexibility index (Phi) is 6.59. The molecule has 0 saturated carbocycles. The number of methoxy groups -OCH3 is 3. The van der Waals surface area contributed by atoms with E-state index in [0.717, 1.165) is 59.2 Å². The molecular formula is C28H29NO6. The van der Waals surface area contributed by atoms with E-state index in [2.05, 4.69) is 6.08 Å². The lowest BCUT2D eigenvalue weighted by molar-refractivity contribution is 0.0162. The molecule has 7 nitrogen and oxygen atoms in total. The van der Waals surface area contributed by atoms with Crippen LogP contribution < -0.4 is 14.2 Å². The number of carbonyl (C=O) groups excluding carboxylic acids is 1. The maximum atomic E-state index is 13.3. The van der Waals surface area contributed by atoms with Gasteiger partial charge in [0.2, 0.25) is 5.75 Å². The third kappa shape index (κ3) is 4.44. The molecule has 1 aromatic heterocycles. The minimum atomic E-state index is -0.315. The number of esters is 1. The zero-order valence-electron chi connectivity index (χ0n) is 20.3. The molecule has 35 heavy (non-hydrogen) atoms. The highest BCUT2D eigenvalue weighted by molar-refractivity contribution is 6.07. The lowest BCUT2D eigenvalue weighted by Crippen LogP contribution is -2.19. The third-order valence-corrected chi connectivity index (χ3v) is 6.60. The summed E-state index contributed by atoms with van der Waals surface area (Å²) in [6, 6.07) is 11.5. The number of hydrogen-bond donors (Lipinski definition) is 0. The fourth-order valence-electron chi connectivity index (χ4n) is 4.91. The normalized spacial score (nSPS) is 18.0. The first-order chi connectivity index (χ1) is 17.1. The van der Waals surface area contributed by atoms with Gasteiger partial charge in [-0.1, -0.05) is 18.2 Å². The molecule has 0 N–H and O–H groups in total. The van der Waals surface area contributed by atoms with Crippen LogP contribution in [0.15, 0.2) is 36.4 Å². The van der Waals surface area contributed by atoms with Crippen molar-refractivity contribution in [2.75, 3.05) is 34.5 Å². The summed E-state index contributed by atoms with van der Waals surface area (Å²) in [5.41, 5.74) is 5.10. The molecule has 1 unspecified atom stereocenters. The van der Waals surface area contributed by atoms with E-state index < -0.39 is 0 Å². The average Bonchev–Trinajstić information content (AvgIpc) is 3.55. The van der Waals surface area contributed by atoms with Crippen LogP contribution in [-0.4, -0.2) is 51.6 Å². The Bertz CT molecular complexity index is 1270. The van der Waals surface area contributed by atoms with Crippen LogP contribution >= 0.6 is 0 Å². The first-order valence-corrected chi connectivity index (χ1v) is 11.8. The molecule has 2 heterocycles. The zero-order valence-corrected chi connectivity index (χ0v) is 20.3. The van der Waals surface area contributed by atoms with Crippen molar-refractivity contribution < 1.29 is 28.5 Å². The van der Waals surface area contributed by atoms with E-state index in [9.17, 15) is 4.79 Å². The number of nitrogens with zero attached hydrogens (tertiary/aromatic N) is 1. The molecule has 1 atom stereocenters. The van der Waals surface area contributed by atoms with E-state index in [0.29, 0.717) is 29.2 Å². The summed E-state index contributed by atoms with van der Waals surface area (Å²) in [5, 5.41) is 0.817. The van der Waals surface area contributed by atoms with Crippen molar-refractivity contribution in [3.8, 4) is 17.2 Å². The van der Waals surface area contributed by atoms with E-state index in [1.807, 2.05) is 36.4 Å². The van der Waals surface area contributed by atoms with Gasteiger partial charge in [-0.3, -0.25) is 0 Å². The second-order valence-electron chi connectivity index (χ2n) is 8.69. The minimum absolute atomic E-state index is 0.0180. The first kappa shape index (κ1) is 23.2. The summed E-state index contributed by atoms with van der Waals surface area (Å²) in [5.74, 6) is 1.40. The van der Waals surface area contributed by atoms with Gasteiger partial charge in [0, 0.05) is 12.0 Å². The largest absolute Gasteiger partial charge is 0.493 e. The van der Waals surface area contributed by atoms with Crippen LogP contribution in [0, 0.1) is 0 Å². The van der Waals surface area contributed by atoms with Gasteiger partial charge in [-0.2, -0.15) is 0 Å². The predicted octanol–water partition coefficient (Wildman–Crippen LogP) is 5.08. The Morgan fingerprint density at radius 1 is 1.09 bits per heavy atom. The summed E-state index contributed by atoms with van der Waals surface area (Å²) in [4.78, 5) is 18.3. The number of para-hydroxylation sites is 1. The van der Waals surface area contributed by atoms with Crippen LogP contribution in [0.4, 0.5) is 0 Å². The van der Waals surface area contributed by atoms with Crippen molar-refractivity contribution in [2.45, 2.75) is 31.8 Å². The average molecular weight is 476 g/mol. The number of allylic oxidation sites excluding steroid dienone is 1. The molecule has 0 bridgehead atoms. The number of ether oxygens (including phenoxy) is 5. The molecule has 182 valence electrons. The molecule has 1 aliphatic carbocycles. The fourth-order valence-corrected chi connectivity index (χ4v) is 4.91. The maximum Gasteiger partial charge on any atom is 0.339 e. The third-order valence-electron chi connectivity index (χ3n) is 6.60. The van der Waals surface area contributed by atoms with E-state index in [4.69, 9.17) is 28.7 Å². The summed E-state index contributed by atoms with van der Waals surface area (Å²) in [7, 11) is 4.78. The lowest BCUT2D eigenvalue weighted by Gasteiger charge is -2.15. The topological polar surface area (TPSA) is 76.1 Å². The van der Waals surface area contributed by atoms with Gasteiger partial charge in [0.25, 0.3) is 0 Å². The Morgan fingerprint density at radius 2 is 1.86 bits per heavy atom. The Hall–Kier alpha value is -3.58. The summed E-state index contributed by atoms with van der Waals surface area (Å²) in [6.45, 7) is 1.00. The van der Waals surface area contributed by atoms with E-state index >= 15 is 0 Å². The highest BCUT2D eigenvalue weighted by Gasteiger charge is 2.28. The van der Waals surface area contributed by atoms with Crippen molar-refractivity contribution in [3.63, 3.8) is 0 Å². The number of hydrogen-bond acceptors (Lipinski definition) is 7. The fraction of sp³-hybridized carbons (Fsp3) is 0.357. The smallest absolute Gasteiger partial charge is 0.339 e. The SMILES string of the molecule is COc1cc(/C=C2\CCc3c2nc2ccccc2c3C(=O)OCC2CCCO2)cc(OC)c1OC. The molecule has 2 aliphatic rings. The van der Waals surface area contributed by atoms with E-state index in [-0.39, 0.29) is 18.7 Å². The van der Waals surface area contributed by atoms with Crippen molar-refractivity contribution in [1.82, 2.24) is 4.98 Å². The number of fused-ring (bicyclic) bond motifs is 2. The van der Waals surface area contributed by atoms with Crippen molar-refractivity contribution >= 4 is 28.5 Å². The van der Waals surface area contributed by atoms with Crippen molar-refractivity contribution in [3.05, 3.63) is 58.8 Å². The Labute approximate surface area is 204 Å². The monoisotopic (exact) mass is 475 g/mol. The van der Waals surface area contributed by atoms with Gasteiger partial charge >= 0.3 is 5.97 Å². The van der Waals surface area contributed by atoms with Crippen LogP contribution in [0.5, 0.6) is 17.2 Å². The molecule has 0 spiro atoms. The highest BCUT2D eigenvalue weighted by atomic mass is 16.6. The quantitative estimate of drug-likeness (QED) is 0.441. The molecule has 7 heteroatoms. The lowest BCUT2D eigenvalue weighted by atomic mass is 10.0. The van der Waals surface area contributed by atoms with E-state index in [1.54, 1.807) is 21.3 Å². The molecule has 1 fully saturated rings. The van der Waals surface area contributed by atoms with Crippen LogP contribution in [0.2, 0.25) is 0 Å². The first-order valence-electron chi connectivity index (χ1n) is 11.8. The number of benzene rings is 2. The van der Waals surface area contributed by atoms with Crippen molar-refractivity contribution in [2.24, 2.45) is 0 Å². The Morgan fingerprint density at radius 3 is 2.54 bits per heavy atom. The second kappa shape index (κ2) is 9.96. The number of pyridine rings is 1. The van der Waals surface area contributed by atoms with Gasteiger partial charge in [0.1, 0.15) is 6.61 Å². The molecular weight excluding hydrogens is 446 g/mol. The molecule has 1 saturated heterocycles. The molecule has 3 aromatic rings. The molecule has 2 aromatic carbocycles. The van der Waals surface area contributed by atoms with Crippen LogP contribution in [0.25, 0.3) is 22.6 Å². The highest BCUT2D eigenvalue weighted by Crippen LogP contribution is 2.41. The van der Waals surface area contributed by atoms with Crippen LogP contribution in [0.3, 0.4) is 0 Å². The second-order valence-corrected chi connectivity index (χ2v) is 8.69. The van der Waals surface area contributed by atoms with Crippen LogP contribution in [-0.2, 0) is 15.9 Å². The number of carbonyl (C=O) groups is 1. The van der Waals surface area contributed by atoms with E-state index in [1.165, 1.54) is 0 Å². The molecule has 0 amide bonds. The van der Waals surface area contributed by atoms with Gasteiger partial charge in [0.15, 0.2) is 11.5 Å². The molecule has 5 rings (SSSR count). The molecule has 1 aliphatic heterocycles. The minimum Gasteiger partial charge on any atom is -0.493 e. The van der Waals surface area contributed by atoms with Gasteiger partial charge in [0.05, 0.1) is 44.2 Å². The maximum absolute atomic E-state index is 13.3. The van der Waals surface area contributed by atoms with Gasteiger partial charge in [-0.25, -0.2) is 9.78 Å². The Balaban J connectivity index is 1.55. The number of rotatable bonds is 7. The zero-order chi connectivity index (χ0) is 24.4. The molecule has 0 radical (unpaired) electrons. The standard InChI is InChI=1S/C28H29NO6/c1-31-23-14-17(15-24(32-2)27(23)33-3)13-18-10-11-21-25(28(30)35-16-19-7-6-12-34-19)20-8-4-5-9-22(20)29-26(18)21/h4-5,8-9,13-15,19H,6-7,10-12,16H2,1-3H3/b18-13+. The van der Waals surface area contributed by atoms with Gasteiger partial charge < -0.3 is 23.7 Å². The predicted molar refractivity (Wildman–Crippen MR) is 133 cm³/mol. The summed E-state index contributed by atoms with van der Waals surface area (Å²) >= 11 is 0. The van der Waals surface area contributed by atoms with Crippen LogP contribution in [0.1, 0.15) is 46.4 Å². The van der Waals surface area contributed by atoms with Crippen molar-refractivity contribution in [1.29, 1.82) is 0 Å². The van der Waals surface area contributed by atoms with Gasteiger partial charge in [-0.05, 0) is 66.7 Å². The van der Waals surface area contributed by atoms with Gasteiger partial charge in [-0.15, -0.1) is 0 Å². The number of aromatic nitrogens is 1. The summed E-state index contributed by atoms with van der Waals surface area (Å²) in [6.07, 6.45) is 5.46.